The van der Waals surface area contributed by atoms with Crippen LogP contribution in [0.2, 0.25) is 0 Å². The van der Waals surface area contributed by atoms with Crippen LogP contribution in [0.3, 0.4) is 0 Å². The normalized spacial score (nSPS) is 18.0. The van der Waals surface area contributed by atoms with E-state index in [1.165, 1.54) is 16.7 Å². The first-order valence-electron chi connectivity index (χ1n) is 8.08. The maximum atomic E-state index is 12.2. The minimum Gasteiger partial charge on any atom is -0.338 e. The number of carbonyl (C=O) groups excluding carboxylic acids is 1. The highest BCUT2D eigenvalue weighted by Crippen LogP contribution is 2.24. The number of likely N-dealkylation sites (tertiary alicyclic amines) is 1. The zero-order valence-corrected chi connectivity index (χ0v) is 13.2. The molecular formula is C20H23NO. The lowest BCUT2D eigenvalue weighted by Crippen LogP contribution is -2.24. The number of nitrogens with zero attached hydrogens (tertiary/aromatic N) is 1. The summed E-state index contributed by atoms with van der Waals surface area (Å²) in [5, 5.41) is 0. The van der Waals surface area contributed by atoms with Gasteiger partial charge in [0.1, 0.15) is 0 Å². The highest BCUT2D eigenvalue weighted by atomic mass is 16.2. The summed E-state index contributed by atoms with van der Waals surface area (Å²) >= 11 is 0. The Labute approximate surface area is 132 Å². The lowest BCUT2D eigenvalue weighted by molar-refractivity contribution is -0.128. The highest BCUT2D eigenvalue weighted by Gasteiger charge is 2.28. The second-order valence-corrected chi connectivity index (χ2v) is 6.35. The molecule has 0 N–H and O–H groups in total. The average molecular weight is 293 g/mol. The van der Waals surface area contributed by atoms with Gasteiger partial charge >= 0.3 is 0 Å². The van der Waals surface area contributed by atoms with E-state index >= 15 is 0 Å². The van der Waals surface area contributed by atoms with Crippen LogP contribution in [-0.4, -0.2) is 17.4 Å². The molecule has 3 rings (SSSR count). The molecule has 1 saturated heterocycles. The maximum absolute atomic E-state index is 12.2. The third kappa shape index (κ3) is 3.76. The molecule has 0 bridgehead atoms. The van der Waals surface area contributed by atoms with E-state index in [9.17, 15) is 4.79 Å². The maximum Gasteiger partial charge on any atom is 0.223 e. The summed E-state index contributed by atoms with van der Waals surface area (Å²) in [5.74, 6) is 0.801. The zero-order chi connectivity index (χ0) is 15.4. The van der Waals surface area contributed by atoms with Crippen molar-refractivity contribution >= 4 is 5.91 Å². The van der Waals surface area contributed by atoms with Gasteiger partial charge in [-0.05, 0) is 36.8 Å². The summed E-state index contributed by atoms with van der Waals surface area (Å²) in [4.78, 5) is 14.2. The zero-order valence-electron chi connectivity index (χ0n) is 13.2. The standard InChI is InChI=1S/C20H23NO/c1-16-7-9-17(10-8-16)11-12-19-13-20(22)21(15-19)14-18-5-3-2-4-6-18/h2-10,19H,11-15H2,1H3/t19-/m1/s1. The summed E-state index contributed by atoms with van der Waals surface area (Å²) < 4.78 is 0. The molecule has 2 nitrogen and oxygen atoms in total. The van der Waals surface area contributed by atoms with E-state index in [1.54, 1.807) is 0 Å². The quantitative estimate of drug-likeness (QED) is 0.816. The van der Waals surface area contributed by atoms with E-state index in [-0.39, 0.29) is 0 Å². The summed E-state index contributed by atoms with van der Waals surface area (Å²) in [5.41, 5.74) is 3.89. The molecule has 1 aliphatic heterocycles. The highest BCUT2D eigenvalue weighted by molar-refractivity contribution is 5.78. The molecule has 1 fully saturated rings. The Bertz CT molecular complexity index is 618. The first kappa shape index (κ1) is 14.8. The molecule has 114 valence electrons. The van der Waals surface area contributed by atoms with Crippen molar-refractivity contribution in [3.8, 4) is 0 Å². The van der Waals surface area contributed by atoms with Crippen LogP contribution in [0.4, 0.5) is 0 Å². The van der Waals surface area contributed by atoms with Gasteiger partial charge in [0.05, 0.1) is 0 Å². The monoisotopic (exact) mass is 293 g/mol. The minimum atomic E-state index is 0.303. The van der Waals surface area contributed by atoms with E-state index in [4.69, 9.17) is 0 Å². The van der Waals surface area contributed by atoms with Crippen molar-refractivity contribution in [2.24, 2.45) is 5.92 Å². The van der Waals surface area contributed by atoms with Crippen LogP contribution in [-0.2, 0) is 17.8 Å². The Hall–Kier alpha value is -2.09. The van der Waals surface area contributed by atoms with Crippen LogP contribution in [0, 0.1) is 12.8 Å². The smallest absolute Gasteiger partial charge is 0.223 e. The summed E-state index contributed by atoms with van der Waals surface area (Å²) in [6.45, 7) is 3.77. The number of benzene rings is 2. The van der Waals surface area contributed by atoms with Gasteiger partial charge in [-0.15, -0.1) is 0 Å². The number of amides is 1. The molecule has 0 spiro atoms. The van der Waals surface area contributed by atoms with Gasteiger partial charge in [-0.2, -0.15) is 0 Å². The van der Waals surface area contributed by atoms with Crippen LogP contribution >= 0.6 is 0 Å². The average Bonchev–Trinajstić information content (AvgIpc) is 2.88. The molecule has 1 atom stereocenters. The van der Waals surface area contributed by atoms with Gasteiger partial charge in [-0.25, -0.2) is 0 Å². The van der Waals surface area contributed by atoms with E-state index in [0.717, 1.165) is 25.9 Å². The van der Waals surface area contributed by atoms with Gasteiger partial charge in [-0.1, -0.05) is 60.2 Å². The molecule has 2 aromatic carbocycles. The molecule has 0 radical (unpaired) electrons. The fourth-order valence-corrected chi connectivity index (χ4v) is 3.13. The lowest BCUT2D eigenvalue weighted by atomic mass is 9.98. The second-order valence-electron chi connectivity index (χ2n) is 6.35. The molecule has 1 amide bonds. The third-order valence-electron chi connectivity index (χ3n) is 4.47. The van der Waals surface area contributed by atoms with Gasteiger partial charge < -0.3 is 4.90 Å². The van der Waals surface area contributed by atoms with Crippen LogP contribution in [0.5, 0.6) is 0 Å². The molecular weight excluding hydrogens is 270 g/mol. The van der Waals surface area contributed by atoms with E-state index < -0.39 is 0 Å². The van der Waals surface area contributed by atoms with Gasteiger partial charge in [0, 0.05) is 19.5 Å². The van der Waals surface area contributed by atoms with Crippen LogP contribution < -0.4 is 0 Å². The van der Waals surface area contributed by atoms with Crippen molar-refractivity contribution in [2.75, 3.05) is 6.54 Å². The van der Waals surface area contributed by atoms with Crippen molar-refractivity contribution in [3.63, 3.8) is 0 Å². The van der Waals surface area contributed by atoms with Crippen molar-refractivity contribution in [1.29, 1.82) is 0 Å². The Kier molecular flexibility index (Phi) is 4.57. The summed E-state index contributed by atoms with van der Waals surface area (Å²) in [6, 6.07) is 19.0. The third-order valence-corrected chi connectivity index (χ3v) is 4.47. The van der Waals surface area contributed by atoms with Crippen LogP contribution in [0.25, 0.3) is 0 Å². The molecule has 0 unspecified atom stereocenters. The molecule has 0 aliphatic carbocycles. The summed E-state index contributed by atoms with van der Waals surface area (Å²) in [7, 11) is 0. The molecule has 1 heterocycles. The fraction of sp³-hybridized carbons (Fsp3) is 0.350. The molecule has 0 aromatic heterocycles. The fourth-order valence-electron chi connectivity index (χ4n) is 3.13. The first-order chi connectivity index (χ1) is 10.7. The van der Waals surface area contributed by atoms with Gasteiger partial charge in [0.2, 0.25) is 5.91 Å². The number of carbonyl (C=O) groups is 1. The Morgan fingerprint density at radius 3 is 2.45 bits per heavy atom. The second kappa shape index (κ2) is 6.78. The predicted octanol–water partition coefficient (Wildman–Crippen LogP) is 3.98. The Morgan fingerprint density at radius 2 is 1.73 bits per heavy atom. The van der Waals surface area contributed by atoms with Gasteiger partial charge in [0.25, 0.3) is 0 Å². The molecule has 2 heteroatoms. The van der Waals surface area contributed by atoms with Gasteiger partial charge in [-0.3, -0.25) is 4.79 Å². The number of hydrogen-bond acceptors (Lipinski definition) is 1. The largest absolute Gasteiger partial charge is 0.338 e. The minimum absolute atomic E-state index is 0.303. The van der Waals surface area contributed by atoms with Crippen molar-refractivity contribution in [2.45, 2.75) is 32.7 Å². The van der Waals surface area contributed by atoms with Gasteiger partial charge in [0.15, 0.2) is 0 Å². The molecule has 2 aromatic rings. The number of aryl methyl sites for hydroxylation is 2. The predicted molar refractivity (Wildman–Crippen MR) is 89.5 cm³/mol. The van der Waals surface area contributed by atoms with E-state index in [2.05, 4.69) is 43.3 Å². The topological polar surface area (TPSA) is 20.3 Å². The van der Waals surface area contributed by atoms with E-state index in [0.29, 0.717) is 18.2 Å². The molecule has 1 aliphatic rings. The van der Waals surface area contributed by atoms with Crippen LogP contribution in [0.1, 0.15) is 29.5 Å². The first-order valence-corrected chi connectivity index (χ1v) is 8.08. The Morgan fingerprint density at radius 1 is 1.00 bits per heavy atom. The van der Waals surface area contributed by atoms with Crippen molar-refractivity contribution in [1.82, 2.24) is 4.90 Å². The van der Waals surface area contributed by atoms with Crippen molar-refractivity contribution in [3.05, 3.63) is 71.3 Å². The SMILES string of the molecule is Cc1ccc(CC[C@@H]2CC(=O)N(Cc3ccccc3)C2)cc1. The number of rotatable bonds is 5. The van der Waals surface area contributed by atoms with E-state index in [1.807, 2.05) is 23.1 Å². The van der Waals surface area contributed by atoms with Crippen LogP contribution in [0.15, 0.2) is 54.6 Å². The summed E-state index contributed by atoms with van der Waals surface area (Å²) in [6.07, 6.45) is 2.87. The molecule has 0 saturated carbocycles. The number of hydrogen-bond donors (Lipinski definition) is 0. The Balaban J connectivity index is 1.52. The molecule has 22 heavy (non-hydrogen) atoms. The lowest BCUT2D eigenvalue weighted by Gasteiger charge is -2.16. The van der Waals surface area contributed by atoms with Crippen molar-refractivity contribution < 1.29 is 4.79 Å².